The number of hydroxylamine groups is 1. The van der Waals surface area contributed by atoms with Crippen LogP contribution in [0.4, 0.5) is 4.79 Å². The fraction of sp³-hybridized carbons (Fsp3) is 0.889. The van der Waals surface area contributed by atoms with Crippen molar-refractivity contribution in [3.8, 4) is 0 Å². The number of unbranched alkanes of at least 4 members (excludes halogenated alkanes) is 1. The summed E-state index contributed by atoms with van der Waals surface area (Å²) in [6.45, 7) is 8.10. The summed E-state index contributed by atoms with van der Waals surface area (Å²) < 4.78 is 4.89. The summed E-state index contributed by atoms with van der Waals surface area (Å²) >= 11 is 0. The number of carbonyl (C=O) groups is 1. The summed E-state index contributed by atoms with van der Waals surface area (Å²) in [6.07, 6.45) is 1.36. The summed E-state index contributed by atoms with van der Waals surface area (Å²) in [7, 11) is 0. The van der Waals surface area contributed by atoms with Crippen molar-refractivity contribution in [2.24, 2.45) is 0 Å². The SMILES string of the molecule is CCCCNOC(=O)OC(C)(C)C. The maximum absolute atomic E-state index is 10.9. The van der Waals surface area contributed by atoms with E-state index in [9.17, 15) is 4.79 Å². The van der Waals surface area contributed by atoms with Crippen LogP contribution in [0.2, 0.25) is 0 Å². The van der Waals surface area contributed by atoms with Crippen LogP contribution in [-0.2, 0) is 9.57 Å². The molecule has 0 unspecified atom stereocenters. The Labute approximate surface area is 79.6 Å². The van der Waals surface area contributed by atoms with Gasteiger partial charge in [-0.05, 0) is 27.2 Å². The van der Waals surface area contributed by atoms with E-state index >= 15 is 0 Å². The highest BCUT2D eigenvalue weighted by atomic mass is 16.8. The summed E-state index contributed by atoms with van der Waals surface area (Å²) in [5, 5.41) is 0. The minimum absolute atomic E-state index is 0.497. The lowest BCUT2D eigenvalue weighted by atomic mass is 10.2. The smallest absolute Gasteiger partial charge is 0.427 e. The monoisotopic (exact) mass is 189 g/mol. The molecule has 0 heterocycles. The van der Waals surface area contributed by atoms with Gasteiger partial charge in [0, 0.05) is 6.54 Å². The molecule has 4 heteroatoms. The minimum Gasteiger partial charge on any atom is -0.427 e. The Kier molecular flexibility index (Phi) is 5.46. The molecule has 0 saturated heterocycles. The normalized spacial score (nSPS) is 11.1. The van der Waals surface area contributed by atoms with Crippen molar-refractivity contribution in [2.75, 3.05) is 6.54 Å². The first-order chi connectivity index (χ1) is 5.95. The average Bonchev–Trinajstić information content (AvgIpc) is 1.94. The number of hydrogen-bond donors (Lipinski definition) is 1. The third kappa shape index (κ3) is 9.14. The van der Waals surface area contributed by atoms with Gasteiger partial charge in [0.2, 0.25) is 0 Å². The molecule has 0 aromatic rings. The highest BCUT2D eigenvalue weighted by Crippen LogP contribution is 2.07. The molecule has 0 aromatic carbocycles. The number of carbonyl (C=O) groups excluding carboxylic acids is 1. The Hall–Kier alpha value is -0.770. The number of nitrogens with one attached hydrogen (secondary N) is 1. The molecule has 0 aliphatic rings. The van der Waals surface area contributed by atoms with Gasteiger partial charge in [-0.3, -0.25) is 0 Å². The van der Waals surface area contributed by atoms with Crippen molar-refractivity contribution in [2.45, 2.75) is 46.1 Å². The second-order valence-electron chi connectivity index (χ2n) is 3.81. The van der Waals surface area contributed by atoms with Gasteiger partial charge in [-0.2, -0.15) is 0 Å². The summed E-state index contributed by atoms with van der Waals surface area (Å²) in [6, 6.07) is 0. The molecular weight excluding hydrogens is 170 g/mol. The predicted molar refractivity (Wildman–Crippen MR) is 50.2 cm³/mol. The Bertz CT molecular complexity index is 151. The van der Waals surface area contributed by atoms with Crippen LogP contribution < -0.4 is 5.48 Å². The van der Waals surface area contributed by atoms with Crippen molar-refractivity contribution in [3.63, 3.8) is 0 Å². The zero-order valence-corrected chi connectivity index (χ0v) is 8.85. The zero-order chi connectivity index (χ0) is 10.3. The van der Waals surface area contributed by atoms with E-state index in [0.717, 1.165) is 12.8 Å². The molecule has 0 radical (unpaired) electrons. The van der Waals surface area contributed by atoms with Gasteiger partial charge in [0.1, 0.15) is 5.60 Å². The fourth-order valence-electron chi connectivity index (χ4n) is 0.630. The van der Waals surface area contributed by atoms with Crippen LogP contribution in [0.5, 0.6) is 0 Å². The van der Waals surface area contributed by atoms with Crippen molar-refractivity contribution < 1.29 is 14.4 Å². The lowest BCUT2D eigenvalue weighted by Crippen LogP contribution is -2.29. The molecule has 0 amide bonds. The molecule has 78 valence electrons. The number of hydrogen-bond acceptors (Lipinski definition) is 4. The first-order valence-electron chi connectivity index (χ1n) is 4.58. The third-order valence-corrected chi connectivity index (χ3v) is 1.18. The maximum atomic E-state index is 10.9. The van der Waals surface area contributed by atoms with Gasteiger partial charge in [0.25, 0.3) is 0 Å². The van der Waals surface area contributed by atoms with E-state index in [0.29, 0.717) is 6.54 Å². The molecular formula is C9H19NO3. The Morgan fingerprint density at radius 1 is 1.38 bits per heavy atom. The molecule has 0 aliphatic carbocycles. The van der Waals surface area contributed by atoms with Crippen LogP contribution >= 0.6 is 0 Å². The van der Waals surface area contributed by atoms with Gasteiger partial charge in [-0.15, -0.1) is 5.48 Å². The van der Waals surface area contributed by atoms with Crippen LogP contribution in [0.3, 0.4) is 0 Å². The van der Waals surface area contributed by atoms with E-state index in [2.05, 4.69) is 17.2 Å². The summed E-state index contributed by atoms with van der Waals surface area (Å²) in [5.74, 6) is 0. The van der Waals surface area contributed by atoms with E-state index in [1.165, 1.54) is 0 Å². The molecule has 0 aliphatic heterocycles. The van der Waals surface area contributed by atoms with Gasteiger partial charge in [-0.25, -0.2) is 4.79 Å². The van der Waals surface area contributed by atoms with E-state index in [1.54, 1.807) is 20.8 Å². The lowest BCUT2D eigenvalue weighted by Gasteiger charge is -2.18. The summed E-state index contributed by atoms with van der Waals surface area (Å²) in [4.78, 5) is 15.5. The highest BCUT2D eigenvalue weighted by molar-refractivity contribution is 5.60. The highest BCUT2D eigenvalue weighted by Gasteiger charge is 2.17. The van der Waals surface area contributed by atoms with Crippen LogP contribution in [0, 0.1) is 0 Å². The van der Waals surface area contributed by atoms with E-state index in [4.69, 9.17) is 4.74 Å². The molecule has 0 atom stereocenters. The molecule has 0 spiro atoms. The molecule has 0 saturated carbocycles. The number of ether oxygens (including phenoxy) is 1. The maximum Gasteiger partial charge on any atom is 0.528 e. The molecule has 0 rings (SSSR count). The second kappa shape index (κ2) is 5.80. The van der Waals surface area contributed by atoms with Crippen molar-refractivity contribution in [1.29, 1.82) is 0 Å². The molecule has 13 heavy (non-hydrogen) atoms. The molecule has 0 aromatic heterocycles. The van der Waals surface area contributed by atoms with Crippen molar-refractivity contribution in [1.82, 2.24) is 5.48 Å². The quantitative estimate of drug-likeness (QED) is 0.418. The molecule has 1 N–H and O–H groups in total. The van der Waals surface area contributed by atoms with Crippen molar-refractivity contribution in [3.05, 3.63) is 0 Å². The van der Waals surface area contributed by atoms with Crippen molar-refractivity contribution >= 4 is 6.16 Å². The fourth-order valence-corrected chi connectivity index (χ4v) is 0.630. The van der Waals surface area contributed by atoms with Gasteiger partial charge >= 0.3 is 6.16 Å². The lowest BCUT2D eigenvalue weighted by molar-refractivity contribution is -0.0320. The van der Waals surface area contributed by atoms with E-state index in [1.807, 2.05) is 0 Å². The Morgan fingerprint density at radius 2 is 2.00 bits per heavy atom. The molecule has 4 nitrogen and oxygen atoms in total. The van der Waals surface area contributed by atoms with E-state index in [-0.39, 0.29) is 0 Å². The van der Waals surface area contributed by atoms with Crippen LogP contribution in [0.25, 0.3) is 0 Å². The second-order valence-corrected chi connectivity index (χ2v) is 3.81. The van der Waals surface area contributed by atoms with Crippen LogP contribution in [0.1, 0.15) is 40.5 Å². The van der Waals surface area contributed by atoms with Gasteiger partial charge < -0.3 is 9.57 Å². The van der Waals surface area contributed by atoms with E-state index < -0.39 is 11.8 Å². The largest absolute Gasteiger partial charge is 0.528 e. The van der Waals surface area contributed by atoms with Crippen LogP contribution in [-0.4, -0.2) is 18.3 Å². The molecule has 0 bridgehead atoms. The first kappa shape index (κ1) is 12.2. The number of rotatable bonds is 4. The topological polar surface area (TPSA) is 47.6 Å². The Balaban J connectivity index is 3.41. The van der Waals surface area contributed by atoms with Crippen LogP contribution in [0.15, 0.2) is 0 Å². The minimum atomic E-state index is -0.677. The third-order valence-electron chi connectivity index (χ3n) is 1.18. The first-order valence-corrected chi connectivity index (χ1v) is 4.58. The Morgan fingerprint density at radius 3 is 2.46 bits per heavy atom. The predicted octanol–water partition coefficient (Wildman–Crippen LogP) is 2.24. The van der Waals surface area contributed by atoms with Gasteiger partial charge in [0.15, 0.2) is 0 Å². The standard InChI is InChI=1S/C9H19NO3/c1-5-6-7-10-13-8(11)12-9(2,3)4/h10H,5-7H2,1-4H3. The zero-order valence-electron chi connectivity index (χ0n) is 8.85. The van der Waals surface area contributed by atoms with Gasteiger partial charge in [0.05, 0.1) is 0 Å². The average molecular weight is 189 g/mol. The summed E-state index contributed by atoms with van der Waals surface area (Å²) in [5.41, 5.74) is 2.04. The molecule has 0 fully saturated rings. The van der Waals surface area contributed by atoms with Gasteiger partial charge in [-0.1, -0.05) is 13.3 Å².